The first-order valence-electron chi connectivity index (χ1n) is 8.78. The van der Waals surface area contributed by atoms with Crippen LogP contribution in [0.5, 0.6) is 0 Å². The molecule has 1 amide bonds. The molecule has 0 unspecified atom stereocenters. The van der Waals surface area contributed by atoms with Crippen molar-refractivity contribution in [1.29, 1.82) is 0 Å². The van der Waals surface area contributed by atoms with Crippen LogP contribution < -0.4 is 21.4 Å². The Hall–Kier alpha value is -2.93. The van der Waals surface area contributed by atoms with Crippen LogP contribution in [0, 0.1) is 5.82 Å². The molecule has 1 saturated heterocycles. The molecule has 6 nitrogen and oxygen atoms in total. The lowest BCUT2D eigenvalue weighted by Crippen LogP contribution is -2.27. The minimum atomic E-state index is -0.575. The van der Waals surface area contributed by atoms with Crippen LogP contribution in [0.25, 0.3) is 0 Å². The van der Waals surface area contributed by atoms with Gasteiger partial charge in [-0.25, -0.2) is 9.18 Å². The molecule has 1 heterocycles. The minimum Gasteiger partial charge on any atom is -0.443 e. The molecular formula is C20H22FN3O3. The van der Waals surface area contributed by atoms with Crippen molar-refractivity contribution in [2.45, 2.75) is 25.9 Å². The number of nitrogens with one attached hydrogen (secondary N) is 1. The number of rotatable bonds is 5. The molecule has 3 N–H and O–H groups in total. The summed E-state index contributed by atoms with van der Waals surface area (Å²) in [5, 5.41) is 2.86. The SMILES string of the molecule is CC(C)c1cccc(=O)c(Nc2ccc(N3C[C@H](CN)OC3=O)cc2F)c1. The number of amides is 1. The molecule has 1 aliphatic heterocycles. The lowest BCUT2D eigenvalue weighted by molar-refractivity contribution is 0.145. The highest BCUT2D eigenvalue weighted by Gasteiger charge is 2.31. The van der Waals surface area contributed by atoms with Crippen LogP contribution in [0.3, 0.4) is 0 Å². The molecule has 3 rings (SSSR count). The van der Waals surface area contributed by atoms with E-state index in [1.807, 2.05) is 19.9 Å². The Bertz CT molecular complexity index is 917. The van der Waals surface area contributed by atoms with E-state index >= 15 is 0 Å². The molecule has 0 aliphatic carbocycles. The number of benzene rings is 1. The van der Waals surface area contributed by atoms with Crippen molar-refractivity contribution in [3.8, 4) is 0 Å². The third kappa shape index (κ3) is 4.09. The van der Waals surface area contributed by atoms with Crippen LogP contribution in [0.15, 0.2) is 47.3 Å². The van der Waals surface area contributed by atoms with E-state index in [0.717, 1.165) is 5.56 Å². The van der Waals surface area contributed by atoms with Crippen molar-refractivity contribution in [3.05, 3.63) is 64.1 Å². The van der Waals surface area contributed by atoms with Crippen LogP contribution in [0.4, 0.5) is 26.2 Å². The van der Waals surface area contributed by atoms with E-state index in [1.165, 1.54) is 23.1 Å². The summed E-state index contributed by atoms with van der Waals surface area (Å²) in [5.74, 6) is -0.352. The average Bonchev–Trinajstić information content (AvgIpc) is 2.91. The molecule has 0 saturated carbocycles. The van der Waals surface area contributed by atoms with Crippen molar-refractivity contribution < 1.29 is 13.9 Å². The van der Waals surface area contributed by atoms with E-state index in [9.17, 15) is 14.0 Å². The van der Waals surface area contributed by atoms with Gasteiger partial charge in [0.25, 0.3) is 0 Å². The number of hydrogen-bond acceptors (Lipinski definition) is 5. The van der Waals surface area contributed by atoms with E-state index in [4.69, 9.17) is 10.5 Å². The molecule has 0 aromatic heterocycles. The summed E-state index contributed by atoms with van der Waals surface area (Å²) in [6, 6.07) is 11.0. The molecular weight excluding hydrogens is 349 g/mol. The Morgan fingerprint density at radius 3 is 2.63 bits per heavy atom. The number of hydrogen-bond donors (Lipinski definition) is 2. The van der Waals surface area contributed by atoms with Crippen molar-refractivity contribution in [3.63, 3.8) is 0 Å². The van der Waals surface area contributed by atoms with Crippen LogP contribution in [0.1, 0.15) is 25.3 Å². The molecule has 1 fully saturated rings. The van der Waals surface area contributed by atoms with Gasteiger partial charge in [-0.3, -0.25) is 9.69 Å². The van der Waals surface area contributed by atoms with E-state index < -0.39 is 18.0 Å². The molecule has 2 aromatic rings. The third-order valence-corrected chi connectivity index (χ3v) is 4.45. The zero-order valence-corrected chi connectivity index (χ0v) is 15.2. The molecule has 2 aromatic carbocycles. The van der Waals surface area contributed by atoms with Crippen LogP contribution >= 0.6 is 0 Å². The fraction of sp³-hybridized carbons (Fsp3) is 0.300. The summed E-state index contributed by atoms with van der Waals surface area (Å²) in [7, 11) is 0. The summed E-state index contributed by atoms with van der Waals surface area (Å²) in [5.41, 5.74) is 7.06. The Balaban J connectivity index is 1.88. The highest BCUT2D eigenvalue weighted by atomic mass is 19.1. The van der Waals surface area contributed by atoms with Crippen LogP contribution in [0.2, 0.25) is 0 Å². The number of carbonyl (C=O) groups is 1. The van der Waals surface area contributed by atoms with Crippen LogP contribution in [-0.2, 0) is 4.74 Å². The van der Waals surface area contributed by atoms with Gasteiger partial charge >= 0.3 is 6.09 Å². The van der Waals surface area contributed by atoms with E-state index in [2.05, 4.69) is 5.32 Å². The van der Waals surface area contributed by atoms with Crippen molar-refractivity contribution in [2.75, 3.05) is 23.3 Å². The topological polar surface area (TPSA) is 84.7 Å². The Morgan fingerprint density at radius 1 is 1.22 bits per heavy atom. The van der Waals surface area contributed by atoms with Crippen molar-refractivity contribution in [2.24, 2.45) is 5.73 Å². The summed E-state index contributed by atoms with van der Waals surface area (Å²) in [6.07, 6.45) is -0.954. The Morgan fingerprint density at radius 2 is 2.00 bits per heavy atom. The first-order valence-corrected chi connectivity index (χ1v) is 8.78. The minimum absolute atomic E-state index is 0.152. The fourth-order valence-electron chi connectivity index (χ4n) is 2.85. The van der Waals surface area contributed by atoms with E-state index in [1.54, 1.807) is 18.2 Å². The lowest BCUT2D eigenvalue weighted by atomic mass is 10.1. The van der Waals surface area contributed by atoms with Gasteiger partial charge in [0.2, 0.25) is 5.43 Å². The van der Waals surface area contributed by atoms with Gasteiger partial charge in [0, 0.05) is 6.54 Å². The van der Waals surface area contributed by atoms with Crippen LogP contribution in [-0.4, -0.2) is 25.3 Å². The van der Waals surface area contributed by atoms with Crippen molar-refractivity contribution >= 4 is 23.2 Å². The maximum absolute atomic E-state index is 14.6. The highest BCUT2D eigenvalue weighted by molar-refractivity contribution is 5.90. The van der Waals surface area contributed by atoms with Gasteiger partial charge in [-0.05, 0) is 41.8 Å². The largest absolute Gasteiger partial charge is 0.443 e. The van der Waals surface area contributed by atoms with E-state index in [0.29, 0.717) is 11.4 Å². The van der Waals surface area contributed by atoms with Crippen molar-refractivity contribution in [1.82, 2.24) is 0 Å². The standard InChI is InChI=1S/C20H22FN3O3/c1-12(2)13-4-3-5-19(25)18(8-13)23-17-7-6-14(9-16(17)21)24-11-15(10-22)27-20(24)26/h3-9,12,15H,10-11,22H2,1-2H3,(H,23,25)/t15-/m0/s1. The molecule has 7 heteroatoms. The number of ether oxygens (including phenoxy) is 1. The second-order valence-corrected chi connectivity index (χ2v) is 6.74. The summed E-state index contributed by atoms with van der Waals surface area (Å²) in [6.45, 7) is 4.52. The number of nitrogens with zero attached hydrogens (tertiary/aromatic N) is 1. The smallest absolute Gasteiger partial charge is 0.414 e. The first kappa shape index (κ1) is 18.8. The predicted molar refractivity (Wildman–Crippen MR) is 103 cm³/mol. The Labute approximate surface area is 156 Å². The number of halogens is 1. The zero-order valence-electron chi connectivity index (χ0n) is 15.2. The van der Waals surface area contributed by atoms with E-state index in [-0.39, 0.29) is 30.1 Å². The monoisotopic (exact) mass is 371 g/mol. The number of nitrogens with two attached hydrogens (primary N) is 1. The second kappa shape index (κ2) is 7.75. The third-order valence-electron chi connectivity index (χ3n) is 4.45. The predicted octanol–water partition coefficient (Wildman–Crippen LogP) is 3.34. The number of cyclic esters (lactones) is 1. The quantitative estimate of drug-likeness (QED) is 0.842. The normalized spacial score (nSPS) is 16.6. The molecule has 1 atom stereocenters. The first-order chi connectivity index (χ1) is 12.9. The summed E-state index contributed by atoms with van der Waals surface area (Å²) in [4.78, 5) is 25.4. The van der Waals surface area contributed by atoms with Gasteiger partial charge < -0.3 is 15.8 Å². The maximum atomic E-state index is 14.6. The van der Waals surface area contributed by atoms with Gasteiger partial charge in [-0.1, -0.05) is 26.0 Å². The summed E-state index contributed by atoms with van der Waals surface area (Å²) >= 11 is 0. The molecule has 0 radical (unpaired) electrons. The molecule has 1 aliphatic rings. The lowest BCUT2D eigenvalue weighted by Gasteiger charge is -2.15. The number of anilines is 3. The average molecular weight is 371 g/mol. The molecule has 27 heavy (non-hydrogen) atoms. The summed E-state index contributed by atoms with van der Waals surface area (Å²) < 4.78 is 19.7. The Kier molecular flexibility index (Phi) is 5.41. The maximum Gasteiger partial charge on any atom is 0.414 e. The van der Waals surface area contributed by atoms with Gasteiger partial charge in [-0.15, -0.1) is 0 Å². The molecule has 0 bridgehead atoms. The fourth-order valence-corrected chi connectivity index (χ4v) is 2.85. The number of carbonyl (C=O) groups excluding carboxylic acids is 1. The molecule has 142 valence electrons. The second-order valence-electron chi connectivity index (χ2n) is 6.74. The highest BCUT2D eigenvalue weighted by Crippen LogP contribution is 2.27. The molecule has 0 spiro atoms. The van der Waals surface area contributed by atoms with Gasteiger partial charge in [0.05, 0.1) is 23.6 Å². The van der Waals surface area contributed by atoms with Gasteiger partial charge in [-0.2, -0.15) is 0 Å². The zero-order chi connectivity index (χ0) is 19.6. The van der Waals surface area contributed by atoms with Gasteiger partial charge in [0.1, 0.15) is 11.9 Å². The van der Waals surface area contributed by atoms with Gasteiger partial charge in [0.15, 0.2) is 0 Å².